The van der Waals surface area contributed by atoms with Crippen LogP contribution in [0, 0.1) is 0 Å². The predicted molar refractivity (Wildman–Crippen MR) is 131 cm³/mol. The molecule has 2 N–H and O–H groups in total. The summed E-state index contributed by atoms with van der Waals surface area (Å²) in [5, 5.41) is 0.154. The molecule has 2 aromatic carbocycles. The number of aromatic nitrogens is 1. The van der Waals surface area contributed by atoms with Crippen LogP contribution in [0.15, 0.2) is 54.6 Å². The van der Waals surface area contributed by atoms with Crippen LogP contribution in [0.3, 0.4) is 0 Å². The molecule has 3 rings (SSSR count). The van der Waals surface area contributed by atoms with Crippen LogP contribution in [0.2, 0.25) is 0 Å². The molecule has 3 aromatic rings. The van der Waals surface area contributed by atoms with Gasteiger partial charge in [0.05, 0.1) is 21.8 Å². The smallest absolute Gasteiger partial charge is 0.393 e. The third-order valence-corrected chi connectivity index (χ3v) is 6.91. The van der Waals surface area contributed by atoms with Crippen LogP contribution < -0.4 is 5.73 Å². The van der Waals surface area contributed by atoms with Gasteiger partial charge in [-0.15, -0.1) is 0 Å². The number of hydrogen-bond donors (Lipinski definition) is 1. The fraction of sp³-hybridized carbons (Fsp3) is 0.292. The Kier molecular flexibility index (Phi) is 6.77. The molecule has 0 radical (unpaired) electrons. The van der Waals surface area contributed by atoms with Gasteiger partial charge in [0.2, 0.25) is 10.0 Å². The second-order valence-corrected chi connectivity index (χ2v) is 11.3. The summed E-state index contributed by atoms with van der Waals surface area (Å²) in [4.78, 5) is 0.0415. The monoisotopic (exact) mass is 494 g/mol. The molecular weight excluding hydrogens is 469 g/mol. The first-order valence-electron chi connectivity index (χ1n) is 10.2. The van der Waals surface area contributed by atoms with Gasteiger partial charge in [0.25, 0.3) is 0 Å². The highest BCUT2D eigenvalue weighted by molar-refractivity contribution is 7.90. The zero-order valence-electron chi connectivity index (χ0n) is 18.5. The van der Waals surface area contributed by atoms with Crippen molar-refractivity contribution in [2.45, 2.75) is 38.8 Å². The van der Waals surface area contributed by atoms with Gasteiger partial charge in [-0.05, 0) is 40.8 Å². The molecule has 0 amide bonds. The molecule has 0 unspecified atom stereocenters. The van der Waals surface area contributed by atoms with E-state index in [1.165, 1.54) is 12.1 Å². The van der Waals surface area contributed by atoms with Crippen LogP contribution in [0.4, 0.5) is 13.2 Å². The molecule has 0 atom stereocenters. The van der Waals surface area contributed by atoms with E-state index in [1.54, 1.807) is 6.08 Å². The zero-order valence-corrected chi connectivity index (χ0v) is 20.1. The number of thiocarbonyl (C=S) groups is 1. The van der Waals surface area contributed by atoms with Gasteiger partial charge < -0.3 is 5.73 Å². The SMILES string of the molecule is CC(C)(C)c1cccc(C=CCS(=O)(=O)n2c(CC(N)=S)cc3cc(C(F)(F)F)ccc32)c1. The Balaban J connectivity index is 1.99. The quantitative estimate of drug-likeness (QED) is 0.448. The number of alkyl halides is 3. The van der Waals surface area contributed by atoms with Crippen LogP contribution >= 0.6 is 12.2 Å². The van der Waals surface area contributed by atoms with Gasteiger partial charge in [-0.3, -0.25) is 0 Å². The Labute approximate surface area is 197 Å². The lowest BCUT2D eigenvalue weighted by Gasteiger charge is -2.19. The number of rotatable bonds is 6. The maximum Gasteiger partial charge on any atom is 0.416 e. The van der Waals surface area contributed by atoms with Gasteiger partial charge in [-0.2, -0.15) is 13.2 Å². The molecule has 0 aliphatic rings. The number of nitrogens with zero attached hydrogens (tertiary/aromatic N) is 1. The van der Waals surface area contributed by atoms with Gasteiger partial charge >= 0.3 is 6.18 Å². The number of halogens is 3. The van der Waals surface area contributed by atoms with Gasteiger partial charge in [0, 0.05) is 17.5 Å². The lowest BCUT2D eigenvalue weighted by molar-refractivity contribution is -0.137. The van der Waals surface area contributed by atoms with E-state index in [-0.39, 0.29) is 39.2 Å². The van der Waals surface area contributed by atoms with Crippen LogP contribution in [0.5, 0.6) is 0 Å². The molecule has 0 bridgehead atoms. The summed E-state index contributed by atoms with van der Waals surface area (Å²) in [5.74, 6) is -0.345. The average Bonchev–Trinajstić information content (AvgIpc) is 3.03. The summed E-state index contributed by atoms with van der Waals surface area (Å²) in [6, 6.07) is 12.1. The summed E-state index contributed by atoms with van der Waals surface area (Å²) in [6.45, 7) is 6.27. The minimum atomic E-state index is -4.54. The molecule has 0 spiro atoms. The highest BCUT2D eigenvalue weighted by Crippen LogP contribution is 2.33. The van der Waals surface area contributed by atoms with E-state index in [1.807, 2.05) is 24.3 Å². The molecule has 0 aliphatic heterocycles. The maximum atomic E-state index is 13.2. The summed E-state index contributed by atoms with van der Waals surface area (Å²) in [6.07, 6.45) is -1.35. The first-order chi connectivity index (χ1) is 15.2. The molecule has 176 valence electrons. The Morgan fingerprint density at radius 1 is 1.06 bits per heavy atom. The normalized spacial score (nSPS) is 13.2. The van der Waals surface area contributed by atoms with E-state index in [0.717, 1.165) is 33.3 Å². The van der Waals surface area contributed by atoms with E-state index in [2.05, 4.69) is 20.8 Å². The second kappa shape index (κ2) is 8.95. The van der Waals surface area contributed by atoms with Crippen LogP contribution in [0.25, 0.3) is 17.0 Å². The molecule has 4 nitrogen and oxygen atoms in total. The highest BCUT2D eigenvalue weighted by atomic mass is 32.2. The maximum absolute atomic E-state index is 13.2. The van der Waals surface area contributed by atoms with Crippen molar-refractivity contribution in [2.75, 3.05) is 5.75 Å². The molecule has 1 aromatic heterocycles. The van der Waals surface area contributed by atoms with Crippen LogP contribution in [-0.4, -0.2) is 23.1 Å². The average molecular weight is 495 g/mol. The molecular formula is C24H25F3N2O2S2. The highest BCUT2D eigenvalue weighted by Gasteiger charge is 2.31. The summed E-state index contributed by atoms with van der Waals surface area (Å²) in [5.41, 5.74) is 7.05. The van der Waals surface area contributed by atoms with Crippen molar-refractivity contribution in [3.05, 3.63) is 77.0 Å². The third-order valence-electron chi connectivity index (χ3n) is 5.16. The number of fused-ring (bicyclic) bond motifs is 1. The topological polar surface area (TPSA) is 65.1 Å². The van der Waals surface area contributed by atoms with E-state index >= 15 is 0 Å². The van der Waals surface area contributed by atoms with Crippen molar-refractivity contribution in [1.29, 1.82) is 0 Å². The third kappa shape index (κ3) is 5.83. The molecule has 0 saturated carbocycles. The fourth-order valence-corrected chi connectivity index (χ4v) is 5.12. The molecule has 9 heteroatoms. The summed E-state index contributed by atoms with van der Waals surface area (Å²) >= 11 is 4.92. The van der Waals surface area contributed by atoms with Gasteiger partial charge in [0.1, 0.15) is 0 Å². The molecule has 1 heterocycles. The Morgan fingerprint density at radius 3 is 2.36 bits per heavy atom. The van der Waals surface area contributed by atoms with Gasteiger partial charge in [-0.25, -0.2) is 12.4 Å². The predicted octanol–water partition coefficient (Wildman–Crippen LogP) is 5.68. The lowest BCUT2D eigenvalue weighted by atomic mass is 9.86. The van der Waals surface area contributed by atoms with E-state index in [4.69, 9.17) is 18.0 Å². The molecule has 0 fully saturated rings. The minimum absolute atomic E-state index is 0.0415. The van der Waals surface area contributed by atoms with Crippen molar-refractivity contribution in [1.82, 2.24) is 3.97 Å². The Bertz CT molecular complexity index is 1330. The Morgan fingerprint density at radius 2 is 1.76 bits per heavy atom. The van der Waals surface area contributed by atoms with E-state index in [9.17, 15) is 21.6 Å². The van der Waals surface area contributed by atoms with Crippen LogP contribution in [0.1, 0.15) is 43.2 Å². The zero-order chi connectivity index (χ0) is 24.6. The van der Waals surface area contributed by atoms with E-state index in [0.29, 0.717) is 0 Å². The lowest BCUT2D eigenvalue weighted by Crippen LogP contribution is -2.21. The summed E-state index contributed by atoms with van der Waals surface area (Å²) < 4.78 is 66.8. The van der Waals surface area contributed by atoms with Gasteiger partial charge in [0.15, 0.2) is 0 Å². The number of nitrogens with two attached hydrogens (primary N) is 1. The first-order valence-corrected chi connectivity index (χ1v) is 12.2. The van der Waals surface area contributed by atoms with Crippen LogP contribution in [-0.2, 0) is 28.0 Å². The molecule has 0 saturated heterocycles. The number of hydrogen-bond acceptors (Lipinski definition) is 3. The van der Waals surface area contributed by atoms with Crippen molar-refractivity contribution in [2.24, 2.45) is 5.73 Å². The largest absolute Gasteiger partial charge is 0.416 e. The first kappa shape index (κ1) is 25.0. The minimum Gasteiger partial charge on any atom is -0.393 e. The van der Waals surface area contributed by atoms with Crippen molar-refractivity contribution < 1.29 is 21.6 Å². The molecule has 33 heavy (non-hydrogen) atoms. The van der Waals surface area contributed by atoms with Crippen molar-refractivity contribution in [3.63, 3.8) is 0 Å². The fourth-order valence-electron chi connectivity index (χ4n) is 3.54. The van der Waals surface area contributed by atoms with Crippen molar-refractivity contribution >= 4 is 44.2 Å². The number of benzene rings is 2. The molecule has 0 aliphatic carbocycles. The van der Waals surface area contributed by atoms with E-state index < -0.39 is 21.8 Å². The summed E-state index contributed by atoms with van der Waals surface area (Å²) in [7, 11) is -3.94. The Hall–Kier alpha value is -2.65. The standard InChI is InChI=1S/C24H25F3N2O2S2/c1-23(2,3)18-8-4-6-16(12-18)7-5-11-33(30,31)29-20(15-22(28)32)14-17-13-19(24(25,26)27)9-10-21(17)29/h4-10,12-14H,11,15H2,1-3H3,(H2,28,32). The second-order valence-electron chi connectivity index (χ2n) is 8.87. The van der Waals surface area contributed by atoms with Gasteiger partial charge in [-0.1, -0.05) is 69.4 Å². The van der Waals surface area contributed by atoms with Crippen molar-refractivity contribution in [3.8, 4) is 0 Å².